The van der Waals surface area contributed by atoms with E-state index in [4.69, 9.17) is 0 Å². The van der Waals surface area contributed by atoms with E-state index in [0.29, 0.717) is 5.92 Å². The summed E-state index contributed by atoms with van der Waals surface area (Å²) in [7, 11) is 0. The first kappa shape index (κ1) is 14.2. The molecule has 2 unspecified atom stereocenters. The molecule has 1 aromatic rings. The number of rotatable bonds is 7. The van der Waals surface area contributed by atoms with Gasteiger partial charge < -0.3 is 5.11 Å². The molecule has 0 aromatic carbocycles. The molecule has 0 saturated heterocycles. The molecular formula is C15H25NO. The van der Waals surface area contributed by atoms with E-state index in [0.717, 1.165) is 24.0 Å². The smallest absolute Gasteiger partial charge is 0.0807 e. The third-order valence-corrected chi connectivity index (χ3v) is 3.38. The van der Waals surface area contributed by atoms with Crippen molar-refractivity contribution in [1.82, 2.24) is 4.98 Å². The van der Waals surface area contributed by atoms with Gasteiger partial charge in [-0.3, -0.25) is 4.98 Å². The summed E-state index contributed by atoms with van der Waals surface area (Å²) < 4.78 is 0. The van der Waals surface area contributed by atoms with Crippen molar-refractivity contribution in [3.8, 4) is 0 Å². The second kappa shape index (κ2) is 7.44. The van der Waals surface area contributed by atoms with Crippen molar-refractivity contribution >= 4 is 0 Å². The van der Waals surface area contributed by atoms with Gasteiger partial charge in [0.25, 0.3) is 0 Å². The summed E-state index contributed by atoms with van der Waals surface area (Å²) in [5.41, 5.74) is 2.07. The minimum Gasteiger partial charge on any atom is -0.388 e. The van der Waals surface area contributed by atoms with Crippen molar-refractivity contribution in [2.24, 2.45) is 5.92 Å². The van der Waals surface area contributed by atoms with Crippen LogP contribution < -0.4 is 0 Å². The van der Waals surface area contributed by atoms with E-state index in [1.807, 2.05) is 19.2 Å². The van der Waals surface area contributed by atoms with Gasteiger partial charge in [-0.05, 0) is 30.4 Å². The van der Waals surface area contributed by atoms with E-state index in [9.17, 15) is 5.11 Å². The van der Waals surface area contributed by atoms with Gasteiger partial charge in [0.1, 0.15) is 0 Å². The standard InChI is InChI=1S/C15H25NO/c1-4-6-7-13(5-2)9-15(17)14-8-12(3)10-16-11-14/h8,10-11,13,15,17H,4-7,9H2,1-3H3. The number of aromatic nitrogens is 1. The summed E-state index contributed by atoms with van der Waals surface area (Å²) in [5, 5.41) is 10.2. The van der Waals surface area contributed by atoms with Crippen LogP contribution in [0.4, 0.5) is 0 Å². The van der Waals surface area contributed by atoms with Gasteiger partial charge in [-0.15, -0.1) is 0 Å². The number of aliphatic hydroxyl groups excluding tert-OH is 1. The van der Waals surface area contributed by atoms with Crippen LogP contribution in [-0.2, 0) is 0 Å². The Morgan fingerprint density at radius 1 is 1.29 bits per heavy atom. The molecule has 1 N–H and O–H groups in total. The van der Waals surface area contributed by atoms with Gasteiger partial charge in [0.15, 0.2) is 0 Å². The van der Waals surface area contributed by atoms with E-state index in [-0.39, 0.29) is 6.10 Å². The molecule has 0 aliphatic carbocycles. The van der Waals surface area contributed by atoms with Crippen LogP contribution in [0.1, 0.15) is 63.2 Å². The van der Waals surface area contributed by atoms with Crippen molar-refractivity contribution in [2.75, 3.05) is 0 Å². The Morgan fingerprint density at radius 3 is 2.65 bits per heavy atom. The van der Waals surface area contributed by atoms with Gasteiger partial charge in [0.2, 0.25) is 0 Å². The SMILES string of the molecule is CCCCC(CC)CC(O)c1cncc(C)c1. The van der Waals surface area contributed by atoms with Crippen LogP contribution >= 0.6 is 0 Å². The Balaban J connectivity index is 2.54. The average molecular weight is 235 g/mol. The zero-order valence-electron chi connectivity index (χ0n) is 11.3. The normalized spacial score (nSPS) is 14.6. The van der Waals surface area contributed by atoms with Crippen molar-refractivity contribution in [1.29, 1.82) is 0 Å². The summed E-state index contributed by atoms with van der Waals surface area (Å²) in [4.78, 5) is 4.14. The van der Waals surface area contributed by atoms with Crippen molar-refractivity contribution in [2.45, 2.75) is 59.0 Å². The second-order valence-corrected chi connectivity index (χ2v) is 4.96. The van der Waals surface area contributed by atoms with Crippen LogP contribution in [0.15, 0.2) is 18.5 Å². The first-order valence-corrected chi connectivity index (χ1v) is 6.77. The van der Waals surface area contributed by atoms with Gasteiger partial charge in [-0.1, -0.05) is 45.6 Å². The molecular weight excluding hydrogens is 210 g/mol. The maximum Gasteiger partial charge on any atom is 0.0807 e. The van der Waals surface area contributed by atoms with E-state index in [1.54, 1.807) is 6.20 Å². The molecule has 0 radical (unpaired) electrons. The molecule has 0 bridgehead atoms. The highest BCUT2D eigenvalue weighted by Gasteiger charge is 2.14. The minimum atomic E-state index is -0.357. The van der Waals surface area contributed by atoms with E-state index >= 15 is 0 Å². The van der Waals surface area contributed by atoms with Crippen LogP contribution in [0.3, 0.4) is 0 Å². The highest BCUT2D eigenvalue weighted by Crippen LogP contribution is 2.26. The molecule has 0 spiro atoms. The van der Waals surface area contributed by atoms with Crippen molar-refractivity contribution in [3.05, 3.63) is 29.6 Å². The summed E-state index contributed by atoms with van der Waals surface area (Å²) in [5.74, 6) is 0.630. The zero-order chi connectivity index (χ0) is 12.7. The predicted molar refractivity (Wildman–Crippen MR) is 71.9 cm³/mol. The van der Waals surface area contributed by atoms with E-state index in [2.05, 4.69) is 18.8 Å². The quantitative estimate of drug-likeness (QED) is 0.774. The lowest BCUT2D eigenvalue weighted by Crippen LogP contribution is -2.07. The molecule has 0 amide bonds. The molecule has 1 rings (SSSR count). The van der Waals surface area contributed by atoms with Gasteiger partial charge in [0.05, 0.1) is 6.10 Å². The minimum absolute atomic E-state index is 0.357. The molecule has 0 aliphatic rings. The number of hydrogen-bond donors (Lipinski definition) is 1. The third kappa shape index (κ3) is 4.86. The lowest BCUT2D eigenvalue weighted by Gasteiger charge is -2.19. The first-order valence-electron chi connectivity index (χ1n) is 6.77. The number of aliphatic hydroxyl groups is 1. The molecule has 17 heavy (non-hydrogen) atoms. The molecule has 0 saturated carbocycles. The van der Waals surface area contributed by atoms with Gasteiger partial charge in [-0.25, -0.2) is 0 Å². The maximum atomic E-state index is 10.2. The maximum absolute atomic E-state index is 10.2. The molecule has 2 atom stereocenters. The summed E-state index contributed by atoms with van der Waals surface area (Å²) in [6.45, 7) is 6.44. The predicted octanol–water partition coefficient (Wildman–Crippen LogP) is 4.03. The number of nitrogens with zero attached hydrogens (tertiary/aromatic N) is 1. The fourth-order valence-electron chi connectivity index (χ4n) is 2.19. The van der Waals surface area contributed by atoms with Gasteiger partial charge in [-0.2, -0.15) is 0 Å². The van der Waals surface area contributed by atoms with E-state index in [1.165, 1.54) is 19.3 Å². The van der Waals surface area contributed by atoms with Crippen molar-refractivity contribution in [3.63, 3.8) is 0 Å². The third-order valence-electron chi connectivity index (χ3n) is 3.38. The van der Waals surface area contributed by atoms with Crippen molar-refractivity contribution < 1.29 is 5.11 Å². The molecule has 0 fully saturated rings. The Kier molecular flexibility index (Phi) is 6.20. The Hall–Kier alpha value is -0.890. The van der Waals surface area contributed by atoms with Crippen LogP contribution in [0.2, 0.25) is 0 Å². The number of pyridine rings is 1. The fourth-order valence-corrected chi connectivity index (χ4v) is 2.19. The summed E-state index contributed by atoms with van der Waals surface area (Å²) in [6, 6.07) is 2.03. The monoisotopic (exact) mass is 235 g/mol. The highest BCUT2D eigenvalue weighted by atomic mass is 16.3. The van der Waals surface area contributed by atoms with Crippen LogP contribution in [-0.4, -0.2) is 10.1 Å². The van der Waals surface area contributed by atoms with Gasteiger partial charge >= 0.3 is 0 Å². The molecule has 1 heterocycles. The molecule has 96 valence electrons. The van der Waals surface area contributed by atoms with Crippen LogP contribution in [0.5, 0.6) is 0 Å². The lowest BCUT2D eigenvalue weighted by atomic mass is 9.91. The molecule has 1 aromatic heterocycles. The van der Waals surface area contributed by atoms with E-state index < -0.39 is 0 Å². The number of unbranched alkanes of at least 4 members (excludes halogenated alkanes) is 1. The first-order chi connectivity index (χ1) is 8.17. The Bertz CT molecular complexity index is 324. The summed E-state index contributed by atoms with van der Waals surface area (Å²) in [6.07, 6.45) is 8.98. The number of hydrogen-bond acceptors (Lipinski definition) is 2. The fraction of sp³-hybridized carbons (Fsp3) is 0.667. The van der Waals surface area contributed by atoms with Gasteiger partial charge in [0, 0.05) is 12.4 Å². The Morgan fingerprint density at radius 2 is 2.06 bits per heavy atom. The second-order valence-electron chi connectivity index (χ2n) is 4.96. The molecule has 0 aliphatic heterocycles. The molecule has 2 heteroatoms. The topological polar surface area (TPSA) is 33.1 Å². The lowest BCUT2D eigenvalue weighted by molar-refractivity contribution is 0.138. The zero-order valence-corrected chi connectivity index (χ0v) is 11.3. The summed E-state index contributed by atoms with van der Waals surface area (Å²) >= 11 is 0. The largest absolute Gasteiger partial charge is 0.388 e. The molecule has 2 nitrogen and oxygen atoms in total. The average Bonchev–Trinajstić information content (AvgIpc) is 2.34. The van der Waals surface area contributed by atoms with Crippen LogP contribution in [0, 0.1) is 12.8 Å². The Labute approximate surface area is 105 Å². The van der Waals surface area contributed by atoms with Crippen LogP contribution in [0.25, 0.3) is 0 Å². The number of aryl methyl sites for hydroxylation is 1. The highest BCUT2D eigenvalue weighted by molar-refractivity contribution is 5.18.